The van der Waals surface area contributed by atoms with Gasteiger partial charge in [-0.3, -0.25) is 4.98 Å². The maximum Gasteiger partial charge on any atom is 0.0267 e. The van der Waals surface area contributed by atoms with Gasteiger partial charge in [-0.2, -0.15) is 6.67 Å². The van der Waals surface area contributed by atoms with E-state index in [-0.39, 0.29) is 0 Å². The molecule has 0 saturated heterocycles. The van der Waals surface area contributed by atoms with E-state index in [0.29, 0.717) is 26.0 Å². The molecule has 0 bridgehead atoms. The zero-order valence-corrected chi connectivity index (χ0v) is 19.1. The van der Waals surface area contributed by atoms with Crippen molar-refractivity contribution in [2.75, 3.05) is 9.80 Å². The van der Waals surface area contributed by atoms with Gasteiger partial charge in [0.15, 0.2) is 0 Å². The number of pyridine rings is 1. The fourth-order valence-electron chi connectivity index (χ4n) is 2.29. The van der Waals surface area contributed by atoms with Crippen LogP contribution >= 0.6 is 26.9 Å². The number of aromatic nitrogens is 1. The van der Waals surface area contributed by atoms with Crippen LogP contribution in [0.1, 0.15) is 27.7 Å². The number of fused-ring (bicyclic) bond motifs is 1. The second-order valence-corrected chi connectivity index (χ2v) is 12.8. The maximum absolute atomic E-state index is 3.78. The van der Waals surface area contributed by atoms with Crippen LogP contribution in [-0.4, -0.2) is 17.1 Å². The fourth-order valence-corrected chi connectivity index (χ4v) is 2.29. The van der Waals surface area contributed by atoms with E-state index in [1.165, 1.54) is 11.4 Å². The van der Waals surface area contributed by atoms with Gasteiger partial charge in [-0.25, -0.2) is 0 Å². The molecule has 2 aromatic rings. The second-order valence-electron chi connectivity index (χ2n) is 5.68. The molecule has 0 radical (unpaired) electrons. The van der Waals surface area contributed by atoms with Crippen LogP contribution in [0.4, 0.5) is 11.4 Å². The van der Waals surface area contributed by atoms with Gasteiger partial charge in [-0.1, -0.05) is 18.2 Å². The summed E-state index contributed by atoms with van der Waals surface area (Å²) in [6.07, 6.45) is 3.50. The van der Waals surface area contributed by atoms with Crippen LogP contribution in [0.25, 0.3) is 0 Å². The average Bonchev–Trinajstić information content (AvgIpc) is 2.98. The summed E-state index contributed by atoms with van der Waals surface area (Å²) < 4.78 is 0. The molecular weight excluding hydrogens is 524 g/mol. The summed E-state index contributed by atoms with van der Waals surface area (Å²) in [5, 5.41) is 0. The molecule has 2 heterocycles. The largest absolute Gasteiger partial charge is 0.265 e. The van der Waals surface area contributed by atoms with Gasteiger partial charge in [0, 0.05) is 23.8 Å². The molecule has 3 rings (SSSR count). The van der Waals surface area contributed by atoms with Crippen LogP contribution < -0.4 is 9.80 Å². The van der Waals surface area contributed by atoms with Crippen molar-refractivity contribution >= 4 is 38.2 Å². The molecule has 24 heavy (non-hydrogen) atoms. The molecular formula is C18H24Br2N3Pd-. The summed E-state index contributed by atoms with van der Waals surface area (Å²) in [4.78, 5) is 8.44. The molecule has 0 atom stereocenters. The number of anilines is 2. The van der Waals surface area contributed by atoms with E-state index in [0.717, 1.165) is 0 Å². The molecule has 6 heteroatoms. The maximum atomic E-state index is 3.78. The molecule has 1 aromatic heterocycles. The summed E-state index contributed by atoms with van der Waals surface area (Å²) >= 11 is 6.80. The Kier molecular flexibility index (Phi) is 10.8. The normalized spacial score (nSPS) is 12.5. The van der Waals surface area contributed by atoms with Gasteiger partial charge in [-0.05, 0) is 64.0 Å². The predicted molar refractivity (Wildman–Crippen MR) is 108 cm³/mol. The Morgan fingerprint density at radius 1 is 0.833 bits per heavy atom. The van der Waals surface area contributed by atoms with Crippen LogP contribution in [0, 0.1) is 6.67 Å². The first-order valence-corrected chi connectivity index (χ1v) is 14.8. The van der Waals surface area contributed by atoms with E-state index in [4.69, 9.17) is 0 Å². The molecule has 0 amide bonds. The third kappa shape index (κ3) is 6.84. The SMILES string of the molecule is CC(C)N1[CH-]N(C(C)C)c2ccccc21.[Br][Pd][Br].c1ccncc1. The van der Waals surface area contributed by atoms with Crippen molar-refractivity contribution in [1.82, 2.24) is 4.98 Å². The van der Waals surface area contributed by atoms with Crippen molar-refractivity contribution in [1.29, 1.82) is 0 Å². The van der Waals surface area contributed by atoms with Crippen molar-refractivity contribution in [3.8, 4) is 0 Å². The average molecular weight is 549 g/mol. The number of hydrogen-bond acceptors (Lipinski definition) is 3. The quantitative estimate of drug-likeness (QED) is 0.338. The molecule has 0 saturated carbocycles. The molecule has 0 aliphatic carbocycles. The van der Waals surface area contributed by atoms with E-state index in [1.54, 1.807) is 12.4 Å². The summed E-state index contributed by atoms with van der Waals surface area (Å²) in [6.45, 7) is 11.1. The fraction of sp³-hybridized carbons (Fsp3) is 0.333. The zero-order chi connectivity index (χ0) is 17.9. The Morgan fingerprint density at radius 3 is 1.50 bits per heavy atom. The summed E-state index contributed by atoms with van der Waals surface area (Å²) in [7, 11) is 0. The van der Waals surface area contributed by atoms with Crippen LogP contribution in [-0.2, 0) is 13.9 Å². The van der Waals surface area contributed by atoms with Crippen molar-refractivity contribution in [3.63, 3.8) is 0 Å². The molecule has 1 aliphatic rings. The number of hydrogen-bond donors (Lipinski definition) is 0. The molecule has 3 nitrogen and oxygen atoms in total. The number of para-hydroxylation sites is 2. The van der Waals surface area contributed by atoms with Crippen molar-refractivity contribution in [3.05, 3.63) is 61.5 Å². The van der Waals surface area contributed by atoms with Gasteiger partial charge in [0.05, 0.1) is 0 Å². The van der Waals surface area contributed by atoms with E-state index >= 15 is 0 Å². The first-order chi connectivity index (χ1) is 11.5. The molecule has 0 unspecified atom stereocenters. The van der Waals surface area contributed by atoms with E-state index < -0.39 is 0 Å². The minimum atomic E-state index is 0.509. The number of halogens is 2. The van der Waals surface area contributed by atoms with E-state index in [2.05, 4.69) is 100 Å². The molecule has 0 N–H and O–H groups in total. The van der Waals surface area contributed by atoms with Crippen LogP contribution in [0.2, 0.25) is 0 Å². The van der Waals surface area contributed by atoms with Crippen LogP contribution in [0.5, 0.6) is 0 Å². The van der Waals surface area contributed by atoms with Gasteiger partial charge in [-0.15, -0.1) is 0 Å². The third-order valence-corrected chi connectivity index (χ3v) is 3.37. The summed E-state index contributed by atoms with van der Waals surface area (Å²) in [5.41, 5.74) is 2.64. The van der Waals surface area contributed by atoms with Crippen LogP contribution in [0.15, 0.2) is 54.9 Å². The topological polar surface area (TPSA) is 19.4 Å². The van der Waals surface area contributed by atoms with Gasteiger partial charge < -0.3 is 9.80 Å². The van der Waals surface area contributed by atoms with Crippen molar-refractivity contribution in [2.45, 2.75) is 39.8 Å². The first kappa shape index (κ1) is 21.6. The van der Waals surface area contributed by atoms with Gasteiger partial charge in [0.2, 0.25) is 0 Å². The van der Waals surface area contributed by atoms with Crippen LogP contribution in [0.3, 0.4) is 0 Å². The van der Waals surface area contributed by atoms with Gasteiger partial charge >= 0.3 is 40.8 Å². The number of rotatable bonds is 2. The Balaban J connectivity index is 0.000000265. The Bertz CT molecular complexity index is 507. The third-order valence-electron chi connectivity index (χ3n) is 3.37. The smallest absolute Gasteiger partial charge is 0.0267 e. The molecule has 1 aliphatic heterocycles. The standard InChI is InChI=1S/C13H19N2.C5H5N.2BrH.Pd/c1-10(2)14-9-15(11(3)4)13-8-6-5-7-12(13)14;1-2-4-6-5-3-1;;;/h5-11H,1-4H3;1-5H;2*1H;/q-1;;;;+2/p-2. The monoisotopic (exact) mass is 546 g/mol. The number of benzene rings is 1. The van der Waals surface area contributed by atoms with Gasteiger partial charge in [0.25, 0.3) is 0 Å². The predicted octanol–water partition coefficient (Wildman–Crippen LogP) is 6.02. The minimum Gasteiger partial charge on any atom is -0.265 e. The molecule has 0 fully saturated rings. The Labute approximate surface area is 167 Å². The van der Waals surface area contributed by atoms with Crippen molar-refractivity contribution < 1.29 is 13.9 Å². The zero-order valence-electron chi connectivity index (χ0n) is 14.3. The summed E-state index contributed by atoms with van der Waals surface area (Å²) in [5.74, 6) is 0. The number of nitrogens with zero attached hydrogens (tertiary/aromatic N) is 3. The Hall–Kier alpha value is -0.408. The Morgan fingerprint density at radius 2 is 1.25 bits per heavy atom. The molecule has 1 aromatic carbocycles. The molecule has 0 spiro atoms. The van der Waals surface area contributed by atoms with E-state index in [9.17, 15) is 0 Å². The van der Waals surface area contributed by atoms with Gasteiger partial charge in [0.1, 0.15) is 0 Å². The molecule has 136 valence electrons. The second kappa shape index (κ2) is 12.0. The minimum absolute atomic E-state index is 0.509. The first-order valence-electron chi connectivity index (χ1n) is 7.71. The van der Waals surface area contributed by atoms with E-state index in [1.807, 2.05) is 18.2 Å². The van der Waals surface area contributed by atoms with Crippen molar-refractivity contribution in [2.24, 2.45) is 0 Å². The summed E-state index contributed by atoms with van der Waals surface area (Å²) in [6, 6.07) is 15.3.